The summed E-state index contributed by atoms with van der Waals surface area (Å²) in [7, 11) is 0. The third-order valence-corrected chi connectivity index (χ3v) is 7.43. The molecule has 2 aromatic rings. The summed E-state index contributed by atoms with van der Waals surface area (Å²) in [5.74, 6) is -0.519. The van der Waals surface area contributed by atoms with Gasteiger partial charge in [-0.3, -0.25) is 0 Å². The molecule has 1 aliphatic carbocycles. The first-order valence-corrected chi connectivity index (χ1v) is 11.2. The average Bonchev–Trinajstić information content (AvgIpc) is 3.18. The number of aromatic amines is 1. The molecule has 0 atom stereocenters. The summed E-state index contributed by atoms with van der Waals surface area (Å²) in [6, 6.07) is 6.59. The van der Waals surface area contributed by atoms with E-state index in [0.717, 1.165) is 43.8 Å². The summed E-state index contributed by atoms with van der Waals surface area (Å²) in [5.41, 5.74) is 2.51. The topological polar surface area (TPSA) is 82.1 Å². The lowest BCUT2D eigenvalue weighted by molar-refractivity contribution is 0.0686. The van der Waals surface area contributed by atoms with E-state index in [4.69, 9.17) is 16.7 Å². The Kier molecular flexibility index (Phi) is 6.11. The van der Waals surface area contributed by atoms with Crippen LogP contribution in [0.1, 0.15) is 66.9 Å². The fourth-order valence-electron chi connectivity index (χ4n) is 4.28. The first kappa shape index (κ1) is 19.6. The lowest BCUT2D eigenvalue weighted by Crippen LogP contribution is -2.29. The molecule has 0 unspecified atom stereocenters. The van der Waals surface area contributed by atoms with Crippen LogP contribution in [0.2, 0.25) is 5.02 Å². The summed E-state index contributed by atoms with van der Waals surface area (Å²) >= 11 is 8.16. The van der Waals surface area contributed by atoms with E-state index < -0.39 is 5.97 Å². The monoisotopic (exact) mass is 420 g/mol. The normalized spacial score (nSPS) is 23.0. The number of rotatable bonds is 5. The molecule has 1 saturated heterocycles. The molecule has 1 aromatic carbocycles. The Balaban J connectivity index is 1.36. The van der Waals surface area contributed by atoms with Crippen LogP contribution >= 0.6 is 23.4 Å². The summed E-state index contributed by atoms with van der Waals surface area (Å²) in [6.45, 7) is 2.20. The Bertz CT molecular complexity index is 829. The number of H-pyrrole nitrogens is 1. The number of thioether (sulfide) groups is 1. The molecular weight excluding hydrogens is 396 g/mol. The molecule has 4 rings (SSSR count). The Morgan fingerprint density at radius 1 is 1.14 bits per heavy atom. The summed E-state index contributed by atoms with van der Waals surface area (Å²) in [6.07, 6.45) is 8.04. The Morgan fingerprint density at radius 3 is 2.57 bits per heavy atom. The van der Waals surface area contributed by atoms with E-state index >= 15 is 0 Å². The van der Waals surface area contributed by atoms with E-state index in [1.54, 1.807) is 0 Å². The van der Waals surface area contributed by atoms with Crippen LogP contribution in [0.4, 0.5) is 5.69 Å². The summed E-state index contributed by atoms with van der Waals surface area (Å²) in [5, 5.41) is 21.0. The zero-order chi connectivity index (χ0) is 19.5. The Morgan fingerprint density at radius 2 is 1.89 bits per heavy atom. The third-order valence-electron chi connectivity index (χ3n) is 5.81. The number of hydrogen-bond acceptors (Lipinski definition) is 5. The quantitative estimate of drug-likeness (QED) is 0.710. The second-order valence-corrected chi connectivity index (χ2v) is 9.33. The summed E-state index contributed by atoms with van der Waals surface area (Å²) < 4.78 is 0. The lowest BCUT2D eigenvalue weighted by Gasteiger charge is -2.31. The SMILES string of the molecule is O=C(O)c1n[nH]nc1SC1CCC(c2ccc(N3CCCCC3)c(Cl)c2)CC1. The van der Waals surface area contributed by atoms with E-state index in [0.29, 0.717) is 16.2 Å². The maximum absolute atomic E-state index is 11.2. The molecule has 0 spiro atoms. The van der Waals surface area contributed by atoms with Gasteiger partial charge in [-0.1, -0.05) is 29.4 Å². The van der Waals surface area contributed by atoms with E-state index in [-0.39, 0.29) is 5.69 Å². The highest BCUT2D eigenvalue weighted by Crippen LogP contribution is 2.41. The smallest absolute Gasteiger partial charge is 0.359 e. The van der Waals surface area contributed by atoms with Gasteiger partial charge in [-0.2, -0.15) is 5.21 Å². The molecule has 8 heteroatoms. The predicted octanol–water partition coefficient (Wildman–Crippen LogP) is 4.97. The number of carboxylic acid groups (broad SMARTS) is 1. The van der Waals surface area contributed by atoms with Gasteiger partial charge in [0.25, 0.3) is 0 Å². The lowest BCUT2D eigenvalue weighted by atomic mass is 9.84. The molecule has 1 aromatic heterocycles. The molecule has 2 heterocycles. The van der Waals surface area contributed by atoms with Gasteiger partial charge >= 0.3 is 5.97 Å². The molecular formula is C20H25ClN4O2S. The van der Waals surface area contributed by atoms with Crippen LogP contribution in [0.15, 0.2) is 23.2 Å². The molecule has 0 radical (unpaired) electrons. The van der Waals surface area contributed by atoms with Gasteiger partial charge in [0.2, 0.25) is 5.69 Å². The Hall–Kier alpha value is -1.73. The van der Waals surface area contributed by atoms with Crippen LogP contribution < -0.4 is 4.90 Å². The number of aromatic nitrogens is 3. The van der Waals surface area contributed by atoms with E-state index in [1.165, 1.54) is 42.3 Å². The van der Waals surface area contributed by atoms with Crippen molar-refractivity contribution in [3.8, 4) is 0 Å². The number of nitrogens with zero attached hydrogens (tertiary/aromatic N) is 3. The summed E-state index contributed by atoms with van der Waals surface area (Å²) in [4.78, 5) is 13.6. The largest absolute Gasteiger partial charge is 0.476 e. The van der Waals surface area contributed by atoms with Crippen molar-refractivity contribution in [2.45, 2.75) is 61.1 Å². The highest BCUT2D eigenvalue weighted by atomic mass is 35.5. The maximum Gasteiger partial charge on any atom is 0.359 e. The zero-order valence-electron chi connectivity index (χ0n) is 15.7. The van der Waals surface area contributed by atoms with Crippen molar-refractivity contribution >= 4 is 35.0 Å². The minimum Gasteiger partial charge on any atom is -0.476 e. The number of anilines is 1. The molecule has 2 aliphatic rings. The second-order valence-electron chi connectivity index (χ2n) is 7.63. The van der Waals surface area contributed by atoms with Crippen LogP contribution in [0, 0.1) is 0 Å². The van der Waals surface area contributed by atoms with Crippen molar-refractivity contribution in [2.24, 2.45) is 0 Å². The fourth-order valence-corrected chi connectivity index (χ4v) is 5.75. The number of carboxylic acids is 1. The number of benzene rings is 1. The van der Waals surface area contributed by atoms with Gasteiger partial charge in [0.15, 0.2) is 5.03 Å². The minimum atomic E-state index is -1.03. The van der Waals surface area contributed by atoms with Gasteiger partial charge in [-0.25, -0.2) is 4.79 Å². The van der Waals surface area contributed by atoms with E-state index in [2.05, 4.69) is 38.5 Å². The van der Waals surface area contributed by atoms with Crippen molar-refractivity contribution in [3.63, 3.8) is 0 Å². The number of nitrogens with one attached hydrogen (secondary N) is 1. The molecule has 0 amide bonds. The maximum atomic E-state index is 11.2. The first-order chi connectivity index (χ1) is 13.6. The minimum absolute atomic E-state index is 0.0206. The third kappa shape index (κ3) is 4.30. The van der Waals surface area contributed by atoms with E-state index in [1.807, 2.05) is 0 Å². The van der Waals surface area contributed by atoms with Gasteiger partial charge in [-0.05, 0) is 68.6 Å². The molecule has 6 nitrogen and oxygen atoms in total. The second kappa shape index (κ2) is 8.74. The van der Waals surface area contributed by atoms with Crippen molar-refractivity contribution in [1.29, 1.82) is 0 Å². The average molecular weight is 421 g/mol. The standard InChI is InChI=1S/C20H25ClN4O2S/c21-16-12-14(6-9-17(16)25-10-2-1-3-11-25)13-4-7-15(8-5-13)28-19-18(20(26)27)22-24-23-19/h6,9,12-13,15H,1-5,7-8,10-11H2,(H,26,27)(H,22,23,24). The molecule has 1 aliphatic heterocycles. The highest BCUT2D eigenvalue weighted by Gasteiger charge is 2.27. The number of aromatic carboxylic acids is 1. The van der Waals surface area contributed by atoms with Crippen LogP contribution in [-0.2, 0) is 0 Å². The molecule has 28 heavy (non-hydrogen) atoms. The molecule has 2 fully saturated rings. The Labute approximate surface area is 174 Å². The van der Waals surface area contributed by atoms with Crippen LogP contribution in [0.5, 0.6) is 0 Å². The number of halogens is 1. The molecule has 150 valence electrons. The van der Waals surface area contributed by atoms with Crippen LogP contribution in [0.3, 0.4) is 0 Å². The number of piperidine rings is 1. The van der Waals surface area contributed by atoms with Gasteiger partial charge in [0.1, 0.15) is 0 Å². The molecule has 2 N–H and O–H groups in total. The van der Waals surface area contributed by atoms with E-state index in [9.17, 15) is 4.79 Å². The van der Waals surface area contributed by atoms with Gasteiger partial charge < -0.3 is 10.0 Å². The van der Waals surface area contributed by atoms with Crippen LogP contribution in [0.25, 0.3) is 0 Å². The van der Waals surface area contributed by atoms with Gasteiger partial charge in [0.05, 0.1) is 10.7 Å². The fraction of sp³-hybridized carbons (Fsp3) is 0.550. The predicted molar refractivity (Wildman–Crippen MR) is 112 cm³/mol. The number of carbonyl (C=O) groups is 1. The highest BCUT2D eigenvalue weighted by molar-refractivity contribution is 7.99. The van der Waals surface area contributed by atoms with Crippen molar-refractivity contribution in [3.05, 3.63) is 34.5 Å². The van der Waals surface area contributed by atoms with Gasteiger partial charge in [-0.15, -0.1) is 10.2 Å². The van der Waals surface area contributed by atoms with Gasteiger partial charge in [0, 0.05) is 18.3 Å². The molecule has 0 bridgehead atoms. The molecule has 1 saturated carbocycles. The van der Waals surface area contributed by atoms with Crippen molar-refractivity contribution < 1.29 is 9.90 Å². The zero-order valence-corrected chi connectivity index (χ0v) is 17.3. The first-order valence-electron chi connectivity index (χ1n) is 9.97. The number of hydrogen-bond donors (Lipinski definition) is 2. The van der Waals surface area contributed by atoms with Crippen molar-refractivity contribution in [2.75, 3.05) is 18.0 Å². The van der Waals surface area contributed by atoms with Crippen LogP contribution in [-0.4, -0.2) is 44.8 Å². The van der Waals surface area contributed by atoms with Crippen molar-refractivity contribution in [1.82, 2.24) is 15.4 Å².